The van der Waals surface area contributed by atoms with Crippen LogP contribution in [0.25, 0.3) is 0 Å². The minimum absolute atomic E-state index is 0.288. The molecule has 1 aromatic rings. The number of likely N-dealkylation sites (N-methyl/N-ethyl adjacent to an activating group) is 1. The smallest absolute Gasteiger partial charge is 0.236 e. The predicted octanol–water partition coefficient (Wildman–Crippen LogP) is 1.91. The van der Waals surface area contributed by atoms with Crippen LogP contribution in [0.4, 0.5) is 5.82 Å². The molecule has 1 unspecified atom stereocenters. The van der Waals surface area contributed by atoms with Gasteiger partial charge in [-0.05, 0) is 51.8 Å². The number of likely N-dealkylation sites (tertiary alicyclic amines) is 1. The Hall–Kier alpha value is -1.62. The molecule has 0 aromatic carbocycles. The van der Waals surface area contributed by atoms with E-state index < -0.39 is 0 Å². The molecule has 1 amide bonds. The molecular weight excluding hydrogens is 288 g/mol. The topological polar surface area (TPSA) is 39.7 Å². The predicted molar refractivity (Wildman–Crippen MR) is 92.7 cm³/mol. The third-order valence-corrected chi connectivity index (χ3v) is 5.06. The van der Waals surface area contributed by atoms with Gasteiger partial charge in [0.2, 0.25) is 5.91 Å². The van der Waals surface area contributed by atoms with Gasteiger partial charge >= 0.3 is 0 Å². The van der Waals surface area contributed by atoms with Gasteiger partial charge in [-0.25, -0.2) is 4.98 Å². The largest absolute Gasteiger partial charge is 0.355 e. The second-order valence-electron chi connectivity index (χ2n) is 6.88. The second kappa shape index (κ2) is 7.30. The van der Waals surface area contributed by atoms with Crippen LogP contribution in [-0.4, -0.2) is 66.5 Å². The summed E-state index contributed by atoms with van der Waals surface area (Å²) in [5.41, 5.74) is 1.06. The zero-order valence-electron chi connectivity index (χ0n) is 14.4. The number of aromatic nitrogens is 1. The molecule has 3 heterocycles. The van der Waals surface area contributed by atoms with E-state index in [1.54, 1.807) is 0 Å². The van der Waals surface area contributed by atoms with Crippen molar-refractivity contribution < 1.29 is 4.79 Å². The summed E-state index contributed by atoms with van der Waals surface area (Å²) in [4.78, 5) is 23.6. The van der Waals surface area contributed by atoms with E-state index in [9.17, 15) is 4.79 Å². The van der Waals surface area contributed by atoms with E-state index in [0.29, 0.717) is 12.6 Å². The molecule has 0 saturated carbocycles. The number of carbonyl (C=O) groups excluding carboxylic acids is 1. The Bertz CT molecular complexity index is 542. The van der Waals surface area contributed by atoms with Gasteiger partial charge in [-0.1, -0.05) is 6.07 Å². The zero-order valence-corrected chi connectivity index (χ0v) is 14.4. The van der Waals surface area contributed by atoms with Crippen LogP contribution in [0.2, 0.25) is 0 Å². The molecular formula is C18H28N4O. The van der Waals surface area contributed by atoms with Crippen molar-refractivity contribution in [1.29, 1.82) is 0 Å². The normalized spacial score (nSPS) is 22.0. The van der Waals surface area contributed by atoms with Gasteiger partial charge in [-0.3, -0.25) is 9.69 Å². The average Bonchev–Trinajstić information content (AvgIpc) is 3.09. The first-order valence-corrected chi connectivity index (χ1v) is 8.80. The molecule has 3 rings (SSSR count). The quantitative estimate of drug-likeness (QED) is 0.851. The van der Waals surface area contributed by atoms with Crippen molar-refractivity contribution in [2.45, 2.75) is 38.6 Å². The highest BCUT2D eigenvalue weighted by Gasteiger charge is 2.27. The Balaban J connectivity index is 1.58. The van der Waals surface area contributed by atoms with Gasteiger partial charge in [0.1, 0.15) is 5.82 Å². The lowest BCUT2D eigenvalue weighted by Gasteiger charge is -2.38. The van der Waals surface area contributed by atoms with Gasteiger partial charge in [0.25, 0.3) is 0 Å². The van der Waals surface area contributed by atoms with E-state index in [1.165, 1.54) is 0 Å². The number of pyridine rings is 1. The SMILES string of the molecule is Cc1cccc(N2CCCC(N(C)CC(=O)N3CCCC3)C2)n1. The molecule has 0 spiro atoms. The molecule has 2 fully saturated rings. The Labute approximate surface area is 139 Å². The van der Waals surface area contributed by atoms with E-state index in [0.717, 1.165) is 63.4 Å². The maximum Gasteiger partial charge on any atom is 0.236 e. The van der Waals surface area contributed by atoms with Gasteiger partial charge in [-0.2, -0.15) is 0 Å². The van der Waals surface area contributed by atoms with Crippen LogP contribution in [0.3, 0.4) is 0 Å². The minimum Gasteiger partial charge on any atom is -0.355 e. The standard InChI is InChI=1S/C18H28N4O/c1-15-7-5-9-17(19-15)22-12-6-8-16(13-22)20(2)14-18(23)21-10-3-4-11-21/h5,7,9,16H,3-4,6,8,10-14H2,1-2H3. The number of rotatable bonds is 4. The fourth-order valence-corrected chi connectivity index (χ4v) is 3.64. The van der Waals surface area contributed by atoms with E-state index >= 15 is 0 Å². The first kappa shape index (κ1) is 16.2. The molecule has 23 heavy (non-hydrogen) atoms. The molecule has 126 valence electrons. The highest BCUT2D eigenvalue weighted by Crippen LogP contribution is 2.21. The number of anilines is 1. The number of piperidine rings is 1. The van der Waals surface area contributed by atoms with E-state index in [2.05, 4.69) is 34.0 Å². The van der Waals surface area contributed by atoms with Crippen LogP contribution >= 0.6 is 0 Å². The molecule has 0 radical (unpaired) electrons. The molecule has 5 nitrogen and oxygen atoms in total. The van der Waals surface area contributed by atoms with Gasteiger partial charge in [0, 0.05) is 37.9 Å². The van der Waals surface area contributed by atoms with Crippen LogP contribution in [-0.2, 0) is 4.79 Å². The molecule has 2 saturated heterocycles. The number of nitrogens with zero attached hydrogens (tertiary/aromatic N) is 4. The van der Waals surface area contributed by atoms with E-state index in [-0.39, 0.29) is 5.91 Å². The summed E-state index contributed by atoms with van der Waals surface area (Å²) < 4.78 is 0. The Morgan fingerprint density at radius 3 is 2.78 bits per heavy atom. The van der Waals surface area contributed by atoms with Crippen LogP contribution in [0, 0.1) is 6.92 Å². The highest BCUT2D eigenvalue weighted by atomic mass is 16.2. The third kappa shape index (κ3) is 4.02. The van der Waals surface area contributed by atoms with Crippen molar-refractivity contribution in [2.75, 3.05) is 44.7 Å². The Morgan fingerprint density at radius 2 is 2.04 bits per heavy atom. The lowest BCUT2D eigenvalue weighted by Crippen LogP contribution is -2.49. The maximum atomic E-state index is 12.4. The maximum absolute atomic E-state index is 12.4. The zero-order chi connectivity index (χ0) is 16.2. The van der Waals surface area contributed by atoms with Crippen molar-refractivity contribution in [2.24, 2.45) is 0 Å². The molecule has 0 bridgehead atoms. The fraction of sp³-hybridized carbons (Fsp3) is 0.667. The van der Waals surface area contributed by atoms with Crippen molar-refractivity contribution in [3.8, 4) is 0 Å². The van der Waals surface area contributed by atoms with Crippen molar-refractivity contribution in [1.82, 2.24) is 14.8 Å². The fourth-order valence-electron chi connectivity index (χ4n) is 3.64. The molecule has 5 heteroatoms. The summed E-state index contributed by atoms with van der Waals surface area (Å²) in [5.74, 6) is 1.35. The van der Waals surface area contributed by atoms with Gasteiger partial charge in [0.05, 0.1) is 6.54 Å². The van der Waals surface area contributed by atoms with Crippen molar-refractivity contribution >= 4 is 11.7 Å². The molecule has 2 aliphatic heterocycles. The Morgan fingerprint density at radius 1 is 1.26 bits per heavy atom. The summed E-state index contributed by atoms with van der Waals surface area (Å²) in [6, 6.07) is 6.62. The van der Waals surface area contributed by atoms with Crippen LogP contribution in [0.1, 0.15) is 31.4 Å². The Kier molecular flexibility index (Phi) is 5.16. The lowest BCUT2D eigenvalue weighted by atomic mass is 10.0. The molecule has 1 atom stereocenters. The van der Waals surface area contributed by atoms with Gasteiger partial charge in [-0.15, -0.1) is 0 Å². The first-order valence-electron chi connectivity index (χ1n) is 8.80. The monoisotopic (exact) mass is 316 g/mol. The third-order valence-electron chi connectivity index (χ3n) is 5.06. The second-order valence-corrected chi connectivity index (χ2v) is 6.88. The van der Waals surface area contributed by atoms with E-state index in [1.807, 2.05) is 17.9 Å². The van der Waals surface area contributed by atoms with Crippen LogP contribution < -0.4 is 4.90 Å². The highest BCUT2D eigenvalue weighted by molar-refractivity contribution is 5.78. The summed E-state index contributed by atoms with van der Waals surface area (Å²) in [6.07, 6.45) is 4.63. The number of aryl methyl sites for hydroxylation is 1. The molecule has 0 N–H and O–H groups in total. The number of carbonyl (C=O) groups is 1. The number of hydrogen-bond acceptors (Lipinski definition) is 4. The lowest BCUT2D eigenvalue weighted by molar-refractivity contribution is -0.131. The average molecular weight is 316 g/mol. The van der Waals surface area contributed by atoms with Crippen molar-refractivity contribution in [3.63, 3.8) is 0 Å². The summed E-state index contributed by atoms with van der Waals surface area (Å²) in [7, 11) is 2.09. The summed E-state index contributed by atoms with van der Waals surface area (Å²) >= 11 is 0. The van der Waals surface area contributed by atoms with Crippen LogP contribution in [0.15, 0.2) is 18.2 Å². The van der Waals surface area contributed by atoms with Crippen molar-refractivity contribution in [3.05, 3.63) is 23.9 Å². The molecule has 1 aromatic heterocycles. The van der Waals surface area contributed by atoms with Crippen LogP contribution in [0.5, 0.6) is 0 Å². The summed E-state index contributed by atoms with van der Waals surface area (Å²) in [6.45, 7) is 6.47. The molecule has 0 aliphatic carbocycles. The van der Waals surface area contributed by atoms with Gasteiger partial charge in [0.15, 0.2) is 0 Å². The van der Waals surface area contributed by atoms with E-state index in [4.69, 9.17) is 0 Å². The number of amides is 1. The minimum atomic E-state index is 0.288. The number of hydrogen-bond donors (Lipinski definition) is 0. The summed E-state index contributed by atoms with van der Waals surface area (Å²) in [5, 5.41) is 0. The molecule has 2 aliphatic rings. The van der Waals surface area contributed by atoms with Gasteiger partial charge < -0.3 is 9.80 Å². The first-order chi connectivity index (χ1) is 11.1.